The van der Waals surface area contributed by atoms with Crippen LogP contribution in [0, 0.1) is 6.92 Å². The molecule has 26 heavy (non-hydrogen) atoms. The fraction of sp³-hybridized carbons (Fsp3) is 0.143. The van der Waals surface area contributed by atoms with Crippen LogP contribution in [-0.2, 0) is 6.42 Å². The second-order valence-electron chi connectivity index (χ2n) is 6.30. The molecule has 4 rings (SSSR count). The third kappa shape index (κ3) is 2.88. The molecule has 1 N–H and O–H groups in total. The van der Waals surface area contributed by atoms with Gasteiger partial charge < -0.3 is 14.6 Å². The zero-order chi connectivity index (χ0) is 18.1. The van der Waals surface area contributed by atoms with Crippen LogP contribution in [0.5, 0.6) is 0 Å². The second kappa shape index (κ2) is 6.52. The third-order valence-electron chi connectivity index (χ3n) is 4.59. The summed E-state index contributed by atoms with van der Waals surface area (Å²) in [6.45, 7) is 2.50. The molecule has 0 saturated heterocycles. The SMILES string of the molecule is Cc1ccoc1C(=O)Nc1ccc(C(=O)N2CCc3ccccc32)cc1. The summed E-state index contributed by atoms with van der Waals surface area (Å²) in [5.74, 6) is -0.0476. The number of carbonyl (C=O) groups is 2. The predicted octanol–water partition coefficient (Wildman–Crippen LogP) is 4.04. The van der Waals surface area contributed by atoms with Crippen molar-refractivity contribution in [2.24, 2.45) is 0 Å². The van der Waals surface area contributed by atoms with E-state index < -0.39 is 0 Å². The molecule has 2 heterocycles. The van der Waals surface area contributed by atoms with E-state index in [1.54, 1.807) is 35.2 Å². The molecule has 5 nitrogen and oxygen atoms in total. The number of carbonyl (C=O) groups excluding carboxylic acids is 2. The summed E-state index contributed by atoms with van der Waals surface area (Å²) < 4.78 is 5.19. The summed E-state index contributed by atoms with van der Waals surface area (Å²) >= 11 is 0. The van der Waals surface area contributed by atoms with Crippen LogP contribution in [0.15, 0.2) is 65.3 Å². The van der Waals surface area contributed by atoms with Gasteiger partial charge in [-0.05, 0) is 55.3 Å². The first-order valence-electron chi connectivity index (χ1n) is 8.49. The number of hydrogen-bond acceptors (Lipinski definition) is 3. The highest BCUT2D eigenvalue weighted by Crippen LogP contribution is 2.29. The Balaban J connectivity index is 1.49. The Labute approximate surface area is 151 Å². The largest absolute Gasteiger partial charge is 0.459 e. The smallest absolute Gasteiger partial charge is 0.291 e. The number of nitrogens with one attached hydrogen (secondary N) is 1. The van der Waals surface area contributed by atoms with Gasteiger partial charge in [0, 0.05) is 29.0 Å². The van der Waals surface area contributed by atoms with Crippen LogP contribution in [0.3, 0.4) is 0 Å². The Morgan fingerprint density at radius 3 is 2.54 bits per heavy atom. The number of hydrogen-bond donors (Lipinski definition) is 1. The number of furan rings is 1. The van der Waals surface area contributed by atoms with Gasteiger partial charge in [0.05, 0.1) is 6.26 Å². The fourth-order valence-corrected chi connectivity index (χ4v) is 3.19. The summed E-state index contributed by atoms with van der Waals surface area (Å²) in [7, 11) is 0. The van der Waals surface area contributed by atoms with E-state index in [9.17, 15) is 9.59 Å². The normalized spacial score (nSPS) is 12.7. The molecule has 0 unspecified atom stereocenters. The maximum absolute atomic E-state index is 12.8. The highest BCUT2D eigenvalue weighted by atomic mass is 16.3. The molecule has 1 aromatic heterocycles. The fourth-order valence-electron chi connectivity index (χ4n) is 3.19. The van der Waals surface area contributed by atoms with Crippen LogP contribution in [0.25, 0.3) is 0 Å². The number of fused-ring (bicyclic) bond motifs is 1. The molecule has 0 atom stereocenters. The molecule has 0 spiro atoms. The molecule has 1 aliphatic rings. The molecule has 3 aromatic rings. The van der Waals surface area contributed by atoms with Gasteiger partial charge in [0.2, 0.25) is 0 Å². The number of nitrogens with zero attached hydrogens (tertiary/aromatic N) is 1. The van der Waals surface area contributed by atoms with Crippen molar-refractivity contribution < 1.29 is 14.0 Å². The number of para-hydroxylation sites is 1. The molecular formula is C21H18N2O3. The summed E-state index contributed by atoms with van der Waals surface area (Å²) in [6, 6.07) is 16.6. The Kier molecular flexibility index (Phi) is 4.05. The van der Waals surface area contributed by atoms with Crippen LogP contribution < -0.4 is 10.2 Å². The zero-order valence-corrected chi connectivity index (χ0v) is 14.4. The van der Waals surface area contributed by atoms with Crippen molar-refractivity contribution in [2.45, 2.75) is 13.3 Å². The lowest BCUT2D eigenvalue weighted by molar-refractivity contribution is 0.0985. The first-order valence-corrected chi connectivity index (χ1v) is 8.49. The van der Waals surface area contributed by atoms with Gasteiger partial charge in [-0.2, -0.15) is 0 Å². The van der Waals surface area contributed by atoms with Gasteiger partial charge in [0.1, 0.15) is 0 Å². The molecule has 0 radical (unpaired) electrons. The number of benzene rings is 2. The van der Waals surface area contributed by atoms with Gasteiger partial charge in [-0.1, -0.05) is 18.2 Å². The average molecular weight is 346 g/mol. The topological polar surface area (TPSA) is 62.6 Å². The van der Waals surface area contributed by atoms with Gasteiger partial charge >= 0.3 is 0 Å². The third-order valence-corrected chi connectivity index (χ3v) is 4.59. The zero-order valence-electron chi connectivity index (χ0n) is 14.4. The molecule has 0 aliphatic carbocycles. The maximum atomic E-state index is 12.8. The molecule has 0 saturated carbocycles. The van der Waals surface area contributed by atoms with Crippen molar-refractivity contribution in [3.8, 4) is 0 Å². The molecule has 130 valence electrons. The Bertz CT molecular complexity index is 973. The van der Waals surface area contributed by atoms with Gasteiger partial charge in [-0.15, -0.1) is 0 Å². The summed E-state index contributed by atoms with van der Waals surface area (Å²) in [5.41, 5.74) is 4.15. The van der Waals surface area contributed by atoms with Crippen molar-refractivity contribution in [1.82, 2.24) is 0 Å². The molecular weight excluding hydrogens is 328 g/mol. The lowest BCUT2D eigenvalue weighted by Gasteiger charge is -2.17. The number of rotatable bonds is 3. The average Bonchev–Trinajstić information content (AvgIpc) is 3.28. The first kappa shape index (κ1) is 16.1. The summed E-state index contributed by atoms with van der Waals surface area (Å²) in [5, 5.41) is 2.78. The van der Waals surface area contributed by atoms with Crippen LogP contribution in [-0.4, -0.2) is 18.4 Å². The van der Waals surface area contributed by atoms with Crippen LogP contribution in [0.4, 0.5) is 11.4 Å². The molecule has 2 aromatic carbocycles. The molecule has 0 fully saturated rings. The minimum absolute atomic E-state index is 0.0327. The minimum Gasteiger partial charge on any atom is -0.459 e. The van der Waals surface area contributed by atoms with Crippen molar-refractivity contribution in [1.29, 1.82) is 0 Å². The van der Waals surface area contributed by atoms with E-state index in [0.29, 0.717) is 23.6 Å². The van der Waals surface area contributed by atoms with Crippen molar-refractivity contribution in [3.05, 3.63) is 83.3 Å². The predicted molar refractivity (Wildman–Crippen MR) is 99.7 cm³/mol. The monoisotopic (exact) mass is 346 g/mol. The Morgan fingerprint density at radius 1 is 1.04 bits per heavy atom. The lowest BCUT2D eigenvalue weighted by atomic mass is 10.1. The van der Waals surface area contributed by atoms with Crippen LogP contribution in [0.2, 0.25) is 0 Å². The highest BCUT2D eigenvalue weighted by Gasteiger charge is 2.25. The summed E-state index contributed by atoms with van der Waals surface area (Å²) in [6.07, 6.45) is 2.36. The molecule has 2 amide bonds. The minimum atomic E-state index is -0.306. The number of aryl methyl sites for hydroxylation is 1. The van der Waals surface area contributed by atoms with Crippen LogP contribution >= 0.6 is 0 Å². The molecule has 5 heteroatoms. The molecule has 0 bridgehead atoms. The lowest BCUT2D eigenvalue weighted by Crippen LogP contribution is -2.28. The number of amides is 2. The van der Waals surface area contributed by atoms with Crippen LogP contribution in [0.1, 0.15) is 32.0 Å². The quantitative estimate of drug-likeness (QED) is 0.778. The maximum Gasteiger partial charge on any atom is 0.291 e. The van der Waals surface area contributed by atoms with E-state index in [1.807, 2.05) is 25.1 Å². The van der Waals surface area contributed by atoms with Crippen molar-refractivity contribution in [2.75, 3.05) is 16.8 Å². The van der Waals surface area contributed by atoms with E-state index in [-0.39, 0.29) is 11.8 Å². The van der Waals surface area contributed by atoms with Gasteiger partial charge in [0.15, 0.2) is 5.76 Å². The van der Waals surface area contributed by atoms with Crippen molar-refractivity contribution in [3.63, 3.8) is 0 Å². The second-order valence-corrected chi connectivity index (χ2v) is 6.30. The molecule has 1 aliphatic heterocycles. The Morgan fingerprint density at radius 2 is 1.81 bits per heavy atom. The van der Waals surface area contributed by atoms with E-state index in [4.69, 9.17) is 4.42 Å². The van der Waals surface area contributed by atoms with Gasteiger partial charge in [0.25, 0.3) is 11.8 Å². The summed E-state index contributed by atoms with van der Waals surface area (Å²) in [4.78, 5) is 26.8. The van der Waals surface area contributed by atoms with Gasteiger partial charge in [-0.25, -0.2) is 0 Å². The Hall–Kier alpha value is -3.34. The van der Waals surface area contributed by atoms with E-state index in [2.05, 4.69) is 11.4 Å². The number of anilines is 2. The van der Waals surface area contributed by atoms with E-state index in [1.165, 1.54) is 11.8 Å². The van der Waals surface area contributed by atoms with E-state index >= 15 is 0 Å². The van der Waals surface area contributed by atoms with Crippen molar-refractivity contribution >= 4 is 23.2 Å². The van der Waals surface area contributed by atoms with Gasteiger partial charge in [-0.3, -0.25) is 9.59 Å². The highest BCUT2D eigenvalue weighted by molar-refractivity contribution is 6.08. The van der Waals surface area contributed by atoms with E-state index in [0.717, 1.165) is 17.7 Å². The standard InChI is InChI=1S/C21H18N2O3/c1-14-11-13-26-19(14)20(24)22-17-8-6-16(7-9-17)21(25)23-12-10-15-4-2-3-5-18(15)23/h2-9,11,13H,10,12H2,1H3,(H,22,24). The first-order chi connectivity index (χ1) is 12.6.